The number of aliphatic hydroxyl groups excluding tert-OH is 3. The zero-order valence-corrected chi connectivity index (χ0v) is 16.2. The molecule has 0 fully saturated rings. The molecule has 0 spiro atoms. The molecule has 1 aromatic carbocycles. The molecule has 0 aliphatic rings. The first-order chi connectivity index (χ1) is 11.9. The van der Waals surface area contributed by atoms with Crippen molar-refractivity contribution in [2.24, 2.45) is 0 Å². The van der Waals surface area contributed by atoms with Gasteiger partial charge in [0.05, 0.1) is 19.3 Å². The third kappa shape index (κ3) is 7.16. The molecule has 5 heteroatoms. The Balaban J connectivity index is 2.91. The van der Waals surface area contributed by atoms with E-state index in [1.54, 1.807) is 12.1 Å². The highest BCUT2D eigenvalue weighted by Crippen LogP contribution is 2.27. The lowest BCUT2D eigenvalue weighted by molar-refractivity contribution is 0.197. The second kappa shape index (κ2) is 11.3. The monoisotopic (exact) mass is 410 g/mol. The molecule has 1 unspecified atom stereocenters. The fourth-order valence-corrected chi connectivity index (χ4v) is 3.01. The number of hydrogen-bond acceptors (Lipinski definition) is 4. The maximum absolute atomic E-state index is 10.4. The van der Waals surface area contributed by atoms with Crippen LogP contribution in [0.4, 0.5) is 0 Å². The van der Waals surface area contributed by atoms with E-state index in [0.29, 0.717) is 24.0 Å². The Morgan fingerprint density at radius 3 is 2.60 bits per heavy atom. The lowest BCUT2D eigenvalue weighted by atomic mass is 9.94. The van der Waals surface area contributed by atoms with E-state index >= 15 is 0 Å². The van der Waals surface area contributed by atoms with Gasteiger partial charge in [-0.2, -0.15) is 0 Å². The van der Waals surface area contributed by atoms with Crippen molar-refractivity contribution >= 4 is 22.0 Å². The molecule has 1 atom stereocenters. The molecule has 0 amide bonds. The first-order valence-electron chi connectivity index (χ1n) is 8.38. The van der Waals surface area contributed by atoms with Crippen LogP contribution in [-0.4, -0.2) is 39.7 Å². The quantitative estimate of drug-likeness (QED) is 0.440. The fraction of sp³-hybridized carbons (Fsp3) is 0.400. The van der Waals surface area contributed by atoms with Gasteiger partial charge in [0.2, 0.25) is 0 Å². The second-order valence-corrected chi connectivity index (χ2v) is 6.83. The largest absolute Gasteiger partial charge is 0.507 e. The van der Waals surface area contributed by atoms with Gasteiger partial charge in [-0.15, -0.1) is 0 Å². The summed E-state index contributed by atoms with van der Waals surface area (Å²) in [6, 6.07) is 5.27. The summed E-state index contributed by atoms with van der Waals surface area (Å²) in [5, 5.41) is 38.7. The molecule has 0 aliphatic heterocycles. The molecular formula is C20H27BrO4. The van der Waals surface area contributed by atoms with Crippen LogP contribution in [-0.2, 0) is 0 Å². The molecule has 25 heavy (non-hydrogen) atoms. The molecular weight excluding hydrogens is 384 g/mol. The van der Waals surface area contributed by atoms with Crippen molar-refractivity contribution in [3.8, 4) is 5.75 Å². The van der Waals surface area contributed by atoms with E-state index in [0.717, 1.165) is 28.5 Å². The van der Waals surface area contributed by atoms with E-state index in [2.05, 4.69) is 29.4 Å². The molecule has 0 saturated heterocycles. The van der Waals surface area contributed by atoms with Gasteiger partial charge >= 0.3 is 0 Å². The highest BCUT2D eigenvalue weighted by molar-refractivity contribution is 9.10. The number of aromatic hydroxyl groups is 1. The van der Waals surface area contributed by atoms with Crippen molar-refractivity contribution in [3.05, 3.63) is 57.6 Å². The minimum atomic E-state index is -0.803. The summed E-state index contributed by atoms with van der Waals surface area (Å²) in [7, 11) is 0. The SMILES string of the molecule is C=C(CO)/C(=C/CO)C(O)CC/C(=C/c1cc(Br)ccc1O)CCC. The predicted molar refractivity (Wildman–Crippen MR) is 105 cm³/mol. The Labute approximate surface area is 158 Å². The Bertz CT molecular complexity index is 635. The van der Waals surface area contributed by atoms with Gasteiger partial charge in [-0.05, 0) is 48.6 Å². The van der Waals surface area contributed by atoms with Crippen LogP contribution >= 0.6 is 15.9 Å². The van der Waals surface area contributed by atoms with Crippen molar-refractivity contribution in [2.45, 2.75) is 38.7 Å². The number of aliphatic hydroxyl groups is 3. The van der Waals surface area contributed by atoms with Gasteiger partial charge in [-0.25, -0.2) is 0 Å². The number of rotatable bonds is 10. The number of phenols is 1. The van der Waals surface area contributed by atoms with Gasteiger partial charge < -0.3 is 20.4 Å². The molecule has 4 N–H and O–H groups in total. The van der Waals surface area contributed by atoms with E-state index in [-0.39, 0.29) is 19.0 Å². The molecule has 0 saturated carbocycles. The molecule has 4 nitrogen and oxygen atoms in total. The number of benzene rings is 1. The predicted octanol–water partition coefficient (Wildman–Crippen LogP) is 3.95. The van der Waals surface area contributed by atoms with E-state index in [9.17, 15) is 15.3 Å². The number of phenolic OH excluding ortho intramolecular Hbond substituents is 1. The number of allylic oxidation sites excluding steroid dienone is 1. The molecule has 1 aromatic rings. The number of halogens is 1. The zero-order valence-electron chi connectivity index (χ0n) is 14.6. The summed E-state index contributed by atoms with van der Waals surface area (Å²) in [5.41, 5.74) is 2.74. The van der Waals surface area contributed by atoms with Crippen LogP contribution in [0, 0.1) is 0 Å². The smallest absolute Gasteiger partial charge is 0.122 e. The maximum Gasteiger partial charge on any atom is 0.122 e. The Hall–Kier alpha value is -1.40. The van der Waals surface area contributed by atoms with Gasteiger partial charge in [0.25, 0.3) is 0 Å². The third-order valence-electron chi connectivity index (χ3n) is 3.93. The highest BCUT2D eigenvalue weighted by Gasteiger charge is 2.14. The van der Waals surface area contributed by atoms with E-state index < -0.39 is 6.10 Å². The normalized spacial score (nSPS) is 13.8. The lowest BCUT2D eigenvalue weighted by Gasteiger charge is -2.17. The van der Waals surface area contributed by atoms with Crippen molar-refractivity contribution in [2.75, 3.05) is 13.2 Å². The summed E-state index contributed by atoms with van der Waals surface area (Å²) < 4.78 is 0.889. The van der Waals surface area contributed by atoms with Gasteiger partial charge in [0.1, 0.15) is 5.75 Å². The molecule has 0 heterocycles. The maximum atomic E-state index is 10.4. The van der Waals surface area contributed by atoms with Crippen LogP contribution in [0.25, 0.3) is 6.08 Å². The summed E-state index contributed by atoms with van der Waals surface area (Å²) in [6.07, 6.45) is 5.54. The average molecular weight is 411 g/mol. The molecule has 0 bridgehead atoms. The molecule has 0 radical (unpaired) electrons. The minimum Gasteiger partial charge on any atom is -0.507 e. The van der Waals surface area contributed by atoms with Crippen molar-refractivity contribution in [3.63, 3.8) is 0 Å². The van der Waals surface area contributed by atoms with Crippen LogP contribution in [0.15, 0.2) is 52.0 Å². The molecule has 138 valence electrons. The first kappa shape index (κ1) is 21.6. The fourth-order valence-electron chi connectivity index (χ4n) is 2.63. The standard InChI is InChI=1S/C20H27BrO4/c1-3-4-15(11-16-12-17(21)6-8-19(16)24)5-7-20(25)18(9-10-22)14(2)13-23/h6,8-9,11-12,20,22-25H,2-5,7,10,13H2,1H3/b15-11+,18-9-. The Morgan fingerprint density at radius 2 is 2.00 bits per heavy atom. The van der Waals surface area contributed by atoms with Crippen LogP contribution in [0.5, 0.6) is 5.75 Å². The summed E-state index contributed by atoms with van der Waals surface area (Å²) >= 11 is 3.40. The third-order valence-corrected chi connectivity index (χ3v) is 4.42. The summed E-state index contributed by atoms with van der Waals surface area (Å²) in [4.78, 5) is 0. The van der Waals surface area contributed by atoms with Crippen LogP contribution in [0.2, 0.25) is 0 Å². The number of hydrogen-bond donors (Lipinski definition) is 4. The minimum absolute atomic E-state index is 0.213. The van der Waals surface area contributed by atoms with Crippen LogP contribution in [0.3, 0.4) is 0 Å². The van der Waals surface area contributed by atoms with Crippen LogP contribution in [0.1, 0.15) is 38.2 Å². The van der Waals surface area contributed by atoms with Gasteiger partial charge in [0.15, 0.2) is 0 Å². The second-order valence-electron chi connectivity index (χ2n) is 5.91. The van der Waals surface area contributed by atoms with E-state index in [1.165, 1.54) is 6.08 Å². The Kier molecular flexibility index (Phi) is 9.75. The average Bonchev–Trinajstić information content (AvgIpc) is 2.59. The molecule has 0 aliphatic carbocycles. The van der Waals surface area contributed by atoms with Crippen molar-refractivity contribution in [1.29, 1.82) is 0 Å². The molecule has 1 rings (SSSR count). The molecule has 0 aromatic heterocycles. The summed E-state index contributed by atoms with van der Waals surface area (Å²) in [5.74, 6) is 0.215. The van der Waals surface area contributed by atoms with E-state index in [1.807, 2.05) is 12.1 Å². The van der Waals surface area contributed by atoms with Crippen molar-refractivity contribution in [1.82, 2.24) is 0 Å². The zero-order chi connectivity index (χ0) is 18.8. The van der Waals surface area contributed by atoms with Gasteiger partial charge in [-0.3, -0.25) is 0 Å². The van der Waals surface area contributed by atoms with Crippen molar-refractivity contribution < 1.29 is 20.4 Å². The van der Waals surface area contributed by atoms with Crippen LogP contribution < -0.4 is 0 Å². The van der Waals surface area contributed by atoms with E-state index in [4.69, 9.17) is 5.11 Å². The Morgan fingerprint density at radius 1 is 1.28 bits per heavy atom. The topological polar surface area (TPSA) is 80.9 Å². The van der Waals surface area contributed by atoms with Gasteiger partial charge in [0, 0.05) is 10.0 Å². The summed E-state index contributed by atoms with van der Waals surface area (Å²) in [6.45, 7) is 5.33. The first-order valence-corrected chi connectivity index (χ1v) is 9.18. The highest BCUT2D eigenvalue weighted by atomic mass is 79.9. The van der Waals surface area contributed by atoms with Gasteiger partial charge in [-0.1, -0.05) is 53.6 Å². The lowest BCUT2D eigenvalue weighted by Crippen LogP contribution is -2.14.